The van der Waals surface area contributed by atoms with E-state index in [1.807, 2.05) is 30.3 Å². The van der Waals surface area contributed by atoms with Gasteiger partial charge in [-0.15, -0.1) is 0 Å². The highest BCUT2D eigenvalue weighted by Gasteiger charge is 2.40. The van der Waals surface area contributed by atoms with Crippen molar-refractivity contribution in [1.82, 2.24) is 9.88 Å². The molecule has 1 spiro atoms. The predicted molar refractivity (Wildman–Crippen MR) is 112 cm³/mol. The van der Waals surface area contributed by atoms with E-state index >= 15 is 0 Å². The van der Waals surface area contributed by atoms with Crippen LogP contribution >= 0.6 is 0 Å². The van der Waals surface area contributed by atoms with E-state index in [-0.39, 0.29) is 24.7 Å². The Morgan fingerprint density at radius 1 is 0.968 bits per heavy atom. The molecule has 1 aromatic heterocycles. The van der Waals surface area contributed by atoms with Crippen LogP contribution in [0.15, 0.2) is 42.6 Å². The molecule has 31 heavy (non-hydrogen) atoms. The summed E-state index contributed by atoms with van der Waals surface area (Å²) in [4.78, 5) is 33.6. The molecule has 3 aliphatic rings. The zero-order chi connectivity index (χ0) is 21.3. The Bertz CT molecular complexity index is 979. The van der Waals surface area contributed by atoms with Crippen LogP contribution in [0.5, 0.6) is 11.6 Å². The average Bonchev–Trinajstić information content (AvgIpc) is 3.17. The molecule has 1 aromatic carbocycles. The van der Waals surface area contributed by atoms with Gasteiger partial charge >= 0.3 is 0 Å². The third-order valence-corrected chi connectivity index (χ3v) is 6.09. The fourth-order valence-corrected chi connectivity index (χ4v) is 4.37. The lowest BCUT2D eigenvalue weighted by molar-refractivity contribution is -0.187. The van der Waals surface area contributed by atoms with Crippen molar-refractivity contribution >= 4 is 17.5 Å². The number of ether oxygens (including phenoxy) is 3. The zero-order valence-electron chi connectivity index (χ0n) is 17.3. The SMILES string of the molecule is O=C(CCC(=O)N1Cc2ccccc2Oc2ncccc21)N1CCC2(CC1)OCCO2. The molecular weight excluding hydrogens is 398 g/mol. The van der Waals surface area contributed by atoms with Gasteiger partial charge in [0.2, 0.25) is 17.7 Å². The van der Waals surface area contributed by atoms with Gasteiger partial charge in [0.1, 0.15) is 11.4 Å². The van der Waals surface area contributed by atoms with Crippen LogP contribution in [-0.4, -0.2) is 53.8 Å². The predicted octanol–water partition coefficient (Wildman–Crippen LogP) is 2.87. The fourth-order valence-electron chi connectivity index (χ4n) is 4.37. The van der Waals surface area contributed by atoms with Gasteiger partial charge in [0.15, 0.2) is 5.79 Å². The van der Waals surface area contributed by atoms with Gasteiger partial charge in [-0.3, -0.25) is 9.59 Å². The zero-order valence-corrected chi connectivity index (χ0v) is 17.3. The quantitative estimate of drug-likeness (QED) is 0.755. The molecule has 4 heterocycles. The summed E-state index contributed by atoms with van der Waals surface area (Å²) >= 11 is 0. The molecule has 0 aliphatic carbocycles. The number of nitrogens with zero attached hydrogens (tertiary/aromatic N) is 3. The lowest BCUT2D eigenvalue weighted by Gasteiger charge is -2.37. The molecule has 2 aromatic rings. The number of amides is 2. The lowest BCUT2D eigenvalue weighted by Crippen LogP contribution is -2.47. The Kier molecular flexibility index (Phi) is 5.33. The molecule has 0 radical (unpaired) electrons. The van der Waals surface area contributed by atoms with Crippen LogP contribution in [0, 0.1) is 0 Å². The molecule has 162 valence electrons. The first-order chi connectivity index (χ1) is 15.1. The maximum absolute atomic E-state index is 13.1. The van der Waals surface area contributed by atoms with Gasteiger partial charge < -0.3 is 24.0 Å². The molecular formula is C23H25N3O5. The number of carbonyl (C=O) groups is 2. The van der Waals surface area contributed by atoms with E-state index in [1.165, 1.54) is 0 Å². The fraction of sp³-hybridized carbons (Fsp3) is 0.435. The summed E-state index contributed by atoms with van der Waals surface area (Å²) in [6.07, 6.45) is 3.28. The molecule has 2 saturated heterocycles. The largest absolute Gasteiger partial charge is 0.437 e. The number of rotatable bonds is 3. The van der Waals surface area contributed by atoms with Crippen LogP contribution in [0.4, 0.5) is 5.69 Å². The highest BCUT2D eigenvalue weighted by atomic mass is 16.7. The van der Waals surface area contributed by atoms with Crippen molar-refractivity contribution in [2.75, 3.05) is 31.2 Å². The van der Waals surface area contributed by atoms with Crippen molar-refractivity contribution in [2.24, 2.45) is 0 Å². The van der Waals surface area contributed by atoms with Crippen LogP contribution in [-0.2, 0) is 25.6 Å². The van der Waals surface area contributed by atoms with E-state index in [1.54, 1.807) is 22.1 Å². The van der Waals surface area contributed by atoms with Crippen molar-refractivity contribution in [3.63, 3.8) is 0 Å². The van der Waals surface area contributed by atoms with Crippen molar-refractivity contribution < 1.29 is 23.8 Å². The van der Waals surface area contributed by atoms with E-state index in [0.29, 0.717) is 63.0 Å². The second kappa shape index (κ2) is 8.28. The number of likely N-dealkylation sites (tertiary alicyclic amines) is 1. The highest BCUT2D eigenvalue weighted by molar-refractivity contribution is 5.96. The van der Waals surface area contributed by atoms with Crippen LogP contribution < -0.4 is 9.64 Å². The molecule has 3 aliphatic heterocycles. The van der Waals surface area contributed by atoms with Gasteiger partial charge in [-0.1, -0.05) is 18.2 Å². The van der Waals surface area contributed by atoms with Gasteiger partial charge in [-0.25, -0.2) is 4.98 Å². The summed E-state index contributed by atoms with van der Waals surface area (Å²) in [6, 6.07) is 11.2. The smallest absolute Gasteiger partial charge is 0.243 e. The van der Waals surface area contributed by atoms with E-state index < -0.39 is 5.79 Å². The minimum absolute atomic E-state index is 0.0147. The van der Waals surface area contributed by atoms with Crippen LogP contribution in [0.25, 0.3) is 0 Å². The van der Waals surface area contributed by atoms with Gasteiger partial charge in [-0.05, 0) is 18.2 Å². The molecule has 5 rings (SSSR count). The molecule has 8 heteroatoms. The summed E-state index contributed by atoms with van der Waals surface area (Å²) in [5.41, 5.74) is 1.52. The number of benzene rings is 1. The molecule has 8 nitrogen and oxygen atoms in total. The summed E-state index contributed by atoms with van der Waals surface area (Å²) in [5, 5.41) is 0. The van der Waals surface area contributed by atoms with Gasteiger partial charge in [0.05, 0.1) is 19.8 Å². The number of pyridine rings is 1. The Labute approximate surface area is 180 Å². The minimum Gasteiger partial charge on any atom is -0.437 e. The number of para-hydroxylation sites is 1. The van der Waals surface area contributed by atoms with Gasteiger partial charge in [0.25, 0.3) is 0 Å². The summed E-state index contributed by atoms with van der Waals surface area (Å²) < 4.78 is 17.4. The molecule has 0 bridgehead atoms. The molecule has 2 fully saturated rings. The van der Waals surface area contributed by atoms with Gasteiger partial charge in [-0.2, -0.15) is 0 Å². The first-order valence-electron chi connectivity index (χ1n) is 10.7. The Morgan fingerprint density at radius 3 is 2.52 bits per heavy atom. The van der Waals surface area contributed by atoms with Crippen LogP contribution in [0.2, 0.25) is 0 Å². The highest BCUT2D eigenvalue weighted by Crippen LogP contribution is 2.37. The van der Waals surface area contributed by atoms with E-state index in [0.717, 1.165) is 5.56 Å². The first-order valence-corrected chi connectivity index (χ1v) is 10.7. The number of fused-ring (bicyclic) bond motifs is 2. The number of carbonyl (C=O) groups excluding carboxylic acids is 2. The second-order valence-corrected chi connectivity index (χ2v) is 8.01. The van der Waals surface area contributed by atoms with Crippen LogP contribution in [0.1, 0.15) is 31.2 Å². The maximum Gasteiger partial charge on any atom is 0.243 e. The van der Waals surface area contributed by atoms with Gasteiger partial charge in [0, 0.05) is 50.5 Å². The minimum atomic E-state index is -0.511. The third kappa shape index (κ3) is 4.00. The van der Waals surface area contributed by atoms with Crippen molar-refractivity contribution in [3.05, 3.63) is 48.2 Å². The van der Waals surface area contributed by atoms with E-state index in [9.17, 15) is 9.59 Å². The molecule has 0 unspecified atom stereocenters. The van der Waals surface area contributed by atoms with E-state index in [2.05, 4.69) is 4.98 Å². The molecule has 2 amide bonds. The number of hydrogen-bond acceptors (Lipinski definition) is 6. The number of anilines is 1. The number of aromatic nitrogens is 1. The normalized spacial score (nSPS) is 19.4. The monoisotopic (exact) mass is 423 g/mol. The second-order valence-electron chi connectivity index (χ2n) is 8.01. The van der Waals surface area contributed by atoms with Crippen molar-refractivity contribution in [1.29, 1.82) is 0 Å². The standard InChI is InChI=1S/C23H25N3O5/c27-20(25-12-9-23(10-13-25)29-14-15-30-23)7-8-21(28)26-16-17-4-1-2-6-19(17)31-22-18(26)5-3-11-24-22/h1-6,11H,7-10,12-16H2. The summed E-state index contributed by atoms with van der Waals surface area (Å²) in [7, 11) is 0. The van der Waals surface area contributed by atoms with Crippen molar-refractivity contribution in [3.8, 4) is 11.6 Å². The first kappa shape index (κ1) is 20.0. The Hall–Kier alpha value is -2.97. The molecule has 0 N–H and O–H groups in total. The van der Waals surface area contributed by atoms with Crippen molar-refractivity contribution in [2.45, 2.75) is 38.0 Å². The number of hydrogen-bond donors (Lipinski definition) is 0. The third-order valence-electron chi connectivity index (χ3n) is 6.09. The molecule has 0 saturated carbocycles. The maximum atomic E-state index is 13.1. The Morgan fingerprint density at radius 2 is 1.71 bits per heavy atom. The van der Waals surface area contributed by atoms with E-state index in [4.69, 9.17) is 14.2 Å². The topological polar surface area (TPSA) is 81.2 Å². The van der Waals surface area contributed by atoms with Crippen LogP contribution in [0.3, 0.4) is 0 Å². The average molecular weight is 423 g/mol. The Balaban J connectivity index is 1.24. The number of piperidine rings is 1. The summed E-state index contributed by atoms with van der Waals surface area (Å²) in [6.45, 7) is 2.78. The lowest BCUT2D eigenvalue weighted by atomic mass is 10.0. The molecule has 0 atom stereocenters. The summed E-state index contributed by atoms with van der Waals surface area (Å²) in [5.74, 6) is 0.429.